The molecule has 0 saturated carbocycles. The molecule has 1 saturated heterocycles. The van der Waals surface area contributed by atoms with Gasteiger partial charge in [0.15, 0.2) is 0 Å². The van der Waals surface area contributed by atoms with Gasteiger partial charge in [-0.15, -0.1) is 0 Å². The monoisotopic (exact) mass is 248 g/mol. The number of nitrogens with zero attached hydrogens (tertiary/aromatic N) is 3. The average molecular weight is 248 g/mol. The van der Waals surface area contributed by atoms with E-state index < -0.39 is 0 Å². The van der Waals surface area contributed by atoms with E-state index in [-0.39, 0.29) is 0 Å². The number of hydrogen-bond acceptors (Lipinski definition) is 4. The molecule has 4 heteroatoms. The SMILES string of the molecule is CCNCC1CCCCN1c1cc(C)nc(C)n1. The van der Waals surface area contributed by atoms with E-state index in [1.165, 1.54) is 19.3 Å². The number of rotatable bonds is 4. The Balaban J connectivity index is 2.16. The van der Waals surface area contributed by atoms with Crippen LogP contribution >= 0.6 is 0 Å². The van der Waals surface area contributed by atoms with Gasteiger partial charge in [0.2, 0.25) is 0 Å². The molecule has 0 amide bonds. The Labute approximate surface area is 110 Å². The topological polar surface area (TPSA) is 41.0 Å². The molecule has 0 aliphatic carbocycles. The van der Waals surface area contributed by atoms with E-state index in [1.54, 1.807) is 0 Å². The van der Waals surface area contributed by atoms with Gasteiger partial charge in [0, 0.05) is 30.9 Å². The van der Waals surface area contributed by atoms with Crippen molar-refractivity contribution in [1.82, 2.24) is 15.3 Å². The van der Waals surface area contributed by atoms with Crippen molar-refractivity contribution in [3.8, 4) is 0 Å². The molecule has 1 N–H and O–H groups in total. The van der Waals surface area contributed by atoms with Crippen LogP contribution < -0.4 is 10.2 Å². The fourth-order valence-electron chi connectivity index (χ4n) is 2.67. The third kappa shape index (κ3) is 3.19. The van der Waals surface area contributed by atoms with Crippen LogP contribution in [0.25, 0.3) is 0 Å². The molecule has 4 nitrogen and oxygen atoms in total. The molecule has 0 bridgehead atoms. The third-order valence-electron chi connectivity index (χ3n) is 3.50. The zero-order valence-corrected chi connectivity index (χ0v) is 11.7. The minimum absolute atomic E-state index is 0.576. The summed E-state index contributed by atoms with van der Waals surface area (Å²) in [6.07, 6.45) is 3.86. The first-order chi connectivity index (χ1) is 8.70. The van der Waals surface area contributed by atoms with E-state index in [9.17, 15) is 0 Å². The first-order valence-corrected chi connectivity index (χ1v) is 7.00. The first-order valence-electron chi connectivity index (χ1n) is 7.00. The fourth-order valence-corrected chi connectivity index (χ4v) is 2.67. The lowest BCUT2D eigenvalue weighted by Crippen LogP contribution is -2.46. The third-order valence-corrected chi connectivity index (χ3v) is 3.50. The number of likely N-dealkylation sites (N-methyl/N-ethyl adjacent to an activating group) is 1. The molecule has 1 aliphatic rings. The number of aromatic nitrogens is 2. The maximum atomic E-state index is 4.60. The molecule has 2 heterocycles. The van der Waals surface area contributed by atoms with Gasteiger partial charge in [-0.2, -0.15) is 0 Å². The van der Waals surface area contributed by atoms with Crippen molar-refractivity contribution in [3.63, 3.8) is 0 Å². The smallest absolute Gasteiger partial charge is 0.132 e. The Morgan fingerprint density at radius 3 is 2.89 bits per heavy atom. The first kappa shape index (κ1) is 13.3. The number of anilines is 1. The molecule has 2 rings (SSSR count). The van der Waals surface area contributed by atoms with E-state index >= 15 is 0 Å². The standard InChI is InChI=1S/C14H24N4/c1-4-15-10-13-7-5-6-8-18(13)14-9-11(2)16-12(3)17-14/h9,13,15H,4-8,10H2,1-3H3. The van der Waals surface area contributed by atoms with Crippen molar-refractivity contribution >= 4 is 5.82 Å². The largest absolute Gasteiger partial charge is 0.352 e. The quantitative estimate of drug-likeness (QED) is 0.885. The molecule has 1 unspecified atom stereocenters. The molecule has 0 aromatic carbocycles. The van der Waals surface area contributed by atoms with Crippen LogP contribution in [0, 0.1) is 13.8 Å². The van der Waals surface area contributed by atoms with Gasteiger partial charge < -0.3 is 10.2 Å². The summed E-state index contributed by atoms with van der Waals surface area (Å²) in [7, 11) is 0. The van der Waals surface area contributed by atoms with Crippen LogP contribution in [0.1, 0.15) is 37.7 Å². The van der Waals surface area contributed by atoms with E-state index in [0.29, 0.717) is 6.04 Å². The normalized spacial score (nSPS) is 20.2. The zero-order valence-electron chi connectivity index (χ0n) is 11.7. The molecule has 1 aliphatic heterocycles. The lowest BCUT2D eigenvalue weighted by Gasteiger charge is -2.37. The van der Waals surface area contributed by atoms with Gasteiger partial charge in [-0.05, 0) is 39.7 Å². The highest BCUT2D eigenvalue weighted by Gasteiger charge is 2.23. The molecular formula is C14H24N4. The average Bonchev–Trinajstić information content (AvgIpc) is 2.35. The number of hydrogen-bond donors (Lipinski definition) is 1. The Kier molecular flexibility index (Phi) is 4.53. The molecule has 0 spiro atoms. The van der Waals surface area contributed by atoms with Crippen LogP contribution in [0.4, 0.5) is 5.82 Å². The van der Waals surface area contributed by atoms with Gasteiger partial charge in [0.05, 0.1) is 0 Å². The highest BCUT2D eigenvalue weighted by molar-refractivity contribution is 5.41. The van der Waals surface area contributed by atoms with Crippen LogP contribution in [0.3, 0.4) is 0 Å². The maximum absolute atomic E-state index is 4.60. The summed E-state index contributed by atoms with van der Waals surface area (Å²) in [5.41, 5.74) is 1.06. The summed E-state index contributed by atoms with van der Waals surface area (Å²) < 4.78 is 0. The molecule has 0 radical (unpaired) electrons. The molecular weight excluding hydrogens is 224 g/mol. The molecule has 1 aromatic heterocycles. The van der Waals surface area contributed by atoms with Crippen LogP contribution in [-0.4, -0.2) is 35.6 Å². The number of aryl methyl sites for hydroxylation is 2. The summed E-state index contributed by atoms with van der Waals surface area (Å²) in [5.74, 6) is 1.97. The lowest BCUT2D eigenvalue weighted by atomic mass is 10.0. The predicted octanol–water partition coefficient (Wildman–Crippen LogP) is 2.06. The van der Waals surface area contributed by atoms with Gasteiger partial charge in [0.25, 0.3) is 0 Å². The molecule has 1 aromatic rings. The predicted molar refractivity (Wildman–Crippen MR) is 75.0 cm³/mol. The van der Waals surface area contributed by atoms with Crippen molar-refractivity contribution in [2.24, 2.45) is 0 Å². The Morgan fingerprint density at radius 1 is 1.33 bits per heavy atom. The van der Waals surface area contributed by atoms with Crippen molar-refractivity contribution in [2.45, 2.75) is 46.1 Å². The second-order valence-electron chi connectivity index (χ2n) is 5.07. The van der Waals surface area contributed by atoms with Crippen molar-refractivity contribution < 1.29 is 0 Å². The summed E-state index contributed by atoms with van der Waals surface area (Å²) in [5, 5.41) is 3.46. The Bertz CT molecular complexity index is 371. The van der Waals surface area contributed by atoms with E-state index in [0.717, 1.165) is 37.0 Å². The minimum Gasteiger partial charge on any atom is -0.352 e. The van der Waals surface area contributed by atoms with Crippen LogP contribution in [-0.2, 0) is 0 Å². The Hall–Kier alpha value is -1.16. The summed E-state index contributed by atoms with van der Waals surface area (Å²) >= 11 is 0. The van der Waals surface area contributed by atoms with E-state index in [4.69, 9.17) is 0 Å². The van der Waals surface area contributed by atoms with E-state index in [1.807, 2.05) is 13.8 Å². The highest BCUT2D eigenvalue weighted by atomic mass is 15.2. The van der Waals surface area contributed by atoms with Crippen molar-refractivity contribution in [1.29, 1.82) is 0 Å². The van der Waals surface area contributed by atoms with Crippen LogP contribution in [0.2, 0.25) is 0 Å². The number of nitrogens with one attached hydrogen (secondary N) is 1. The van der Waals surface area contributed by atoms with Crippen molar-refractivity contribution in [2.75, 3.05) is 24.5 Å². The van der Waals surface area contributed by atoms with Crippen LogP contribution in [0.15, 0.2) is 6.07 Å². The summed E-state index contributed by atoms with van der Waals surface area (Å²) in [4.78, 5) is 11.4. The van der Waals surface area contributed by atoms with Gasteiger partial charge in [-0.1, -0.05) is 6.92 Å². The van der Waals surface area contributed by atoms with Crippen molar-refractivity contribution in [3.05, 3.63) is 17.6 Å². The molecule has 1 fully saturated rings. The molecule has 18 heavy (non-hydrogen) atoms. The Morgan fingerprint density at radius 2 is 2.17 bits per heavy atom. The van der Waals surface area contributed by atoms with Crippen LogP contribution in [0.5, 0.6) is 0 Å². The maximum Gasteiger partial charge on any atom is 0.132 e. The fraction of sp³-hybridized carbons (Fsp3) is 0.714. The summed E-state index contributed by atoms with van der Waals surface area (Å²) in [6.45, 7) is 9.38. The second kappa shape index (κ2) is 6.14. The molecule has 1 atom stereocenters. The lowest BCUT2D eigenvalue weighted by molar-refractivity contribution is 0.436. The molecule has 100 valence electrons. The van der Waals surface area contributed by atoms with Gasteiger partial charge in [-0.25, -0.2) is 9.97 Å². The zero-order chi connectivity index (χ0) is 13.0. The van der Waals surface area contributed by atoms with E-state index in [2.05, 4.69) is 33.2 Å². The minimum atomic E-state index is 0.576. The highest BCUT2D eigenvalue weighted by Crippen LogP contribution is 2.23. The van der Waals surface area contributed by atoms with Gasteiger partial charge >= 0.3 is 0 Å². The second-order valence-corrected chi connectivity index (χ2v) is 5.07. The van der Waals surface area contributed by atoms with Gasteiger partial charge in [0.1, 0.15) is 11.6 Å². The number of piperidine rings is 1. The van der Waals surface area contributed by atoms with Gasteiger partial charge in [-0.3, -0.25) is 0 Å². The summed E-state index contributed by atoms with van der Waals surface area (Å²) in [6, 6.07) is 2.68.